The highest BCUT2D eigenvalue weighted by Gasteiger charge is 2.64. The Hall–Kier alpha value is -1.02. The van der Waals surface area contributed by atoms with Crippen LogP contribution in [0.25, 0.3) is 0 Å². The average molecular weight is 759 g/mol. The van der Waals surface area contributed by atoms with E-state index in [1.165, 1.54) is 51.4 Å². The van der Waals surface area contributed by atoms with Gasteiger partial charge in [0.1, 0.15) is 5.78 Å². The average Bonchev–Trinajstić information content (AvgIpc) is 3.63. The normalized spacial score (nSPS) is 51.5. The standard InChI is InChI=1S/C23H38O3.C22H36O4.2CH4/c1-15(24)18-7-8-19-17-6-5-16-13-23(25,14-26-4)12-11-21(16,2)20(17)9-10-22(18,19)3;1-20-10-11-22(25,13-26-3)12-14(20)4-5-15-16-6-7-18(19(23)24)21(16,2)9-8-17(15)20;;/h16-20,25H,5-14H2,1-4H3;14-18,25H,4-13H2,1-3H3,(H,23,24);2*1H4/t16-,17-,18+,19-,20-,21-,22+,23+;14-,15-,16-,17-,18+,20-,21-,22+;;/m00../s1. The number of aliphatic hydroxyl groups is 2. The minimum absolute atomic E-state index is 0. The Morgan fingerprint density at radius 3 is 1.31 bits per heavy atom. The highest BCUT2D eigenvalue weighted by Crippen LogP contribution is 2.69. The molecular weight excluding hydrogens is 677 g/mol. The summed E-state index contributed by atoms with van der Waals surface area (Å²) in [5, 5.41) is 31.6. The summed E-state index contributed by atoms with van der Waals surface area (Å²) < 4.78 is 10.6. The Balaban J connectivity index is 0.000000200. The summed E-state index contributed by atoms with van der Waals surface area (Å²) in [7, 11) is 3.39. The van der Waals surface area contributed by atoms with E-state index >= 15 is 0 Å². The fraction of sp³-hybridized carbons (Fsp3) is 0.957. The van der Waals surface area contributed by atoms with Crippen LogP contribution in [-0.4, -0.2) is 65.7 Å². The third kappa shape index (κ3) is 6.99. The quantitative estimate of drug-likeness (QED) is 0.247. The van der Waals surface area contributed by atoms with Crippen LogP contribution in [0.5, 0.6) is 0 Å². The minimum atomic E-state index is -0.642. The van der Waals surface area contributed by atoms with E-state index in [2.05, 4.69) is 27.7 Å². The van der Waals surface area contributed by atoms with E-state index in [0.717, 1.165) is 82.0 Å². The van der Waals surface area contributed by atoms with Gasteiger partial charge in [0.2, 0.25) is 0 Å². The minimum Gasteiger partial charge on any atom is -0.481 e. The lowest BCUT2D eigenvalue weighted by Crippen LogP contribution is -2.56. The molecule has 8 fully saturated rings. The van der Waals surface area contributed by atoms with Crippen LogP contribution in [0.2, 0.25) is 0 Å². The van der Waals surface area contributed by atoms with Gasteiger partial charge in [-0.15, -0.1) is 0 Å². The van der Waals surface area contributed by atoms with Gasteiger partial charge in [-0.1, -0.05) is 42.5 Å². The number of aliphatic carboxylic acids is 1. The molecule has 0 aromatic rings. The Morgan fingerprint density at radius 2 is 0.926 bits per heavy atom. The second kappa shape index (κ2) is 15.6. The van der Waals surface area contributed by atoms with Crippen molar-refractivity contribution in [2.24, 2.45) is 80.8 Å². The third-order valence-electron chi connectivity index (χ3n) is 19.3. The number of ether oxygens (including phenoxy) is 2. The van der Waals surface area contributed by atoms with Gasteiger partial charge in [-0.2, -0.15) is 0 Å². The molecule has 0 aromatic heterocycles. The maximum atomic E-state index is 12.3. The number of hydrogen-bond acceptors (Lipinski definition) is 6. The van der Waals surface area contributed by atoms with E-state index in [-0.39, 0.29) is 31.6 Å². The third-order valence-corrected chi connectivity index (χ3v) is 19.3. The number of rotatable bonds is 6. The van der Waals surface area contributed by atoms with Crippen LogP contribution in [0.4, 0.5) is 0 Å². The number of methoxy groups -OCH3 is 2. The second-order valence-electron chi connectivity index (χ2n) is 21.3. The zero-order valence-corrected chi connectivity index (χ0v) is 33.9. The van der Waals surface area contributed by atoms with Crippen molar-refractivity contribution >= 4 is 11.8 Å². The largest absolute Gasteiger partial charge is 0.481 e. The van der Waals surface area contributed by atoms with Crippen molar-refractivity contribution in [1.29, 1.82) is 0 Å². The van der Waals surface area contributed by atoms with E-state index in [1.807, 2.05) is 6.92 Å². The van der Waals surface area contributed by atoms with Gasteiger partial charge < -0.3 is 24.8 Å². The highest BCUT2D eigenvalue weighted by molar-refractivity contribution is 5.79. The molecule has 0 amide bonds. The summed E-state index contributed by atoms with van der Waals surface area (Å²) in [5.74, 6) is 5.54. The first-order chi connectivity index (χ1) is 24.5. The molecule has 16 atom stereocenters. The molecular formula is C47H82O7. The van der Waals surface area contributed by atoms with Gasteiger partial charge in [-0.05, 0) is 192 Å². The van der Waals surface area contributed by atoms with E-state index in [4.69, 9.17) is 9.47 Å². The SMILES string of the molecule is C.C.COC[C@@]1(O)CC[C@@]2(C)[C@@H](CC[C@@H]3[C@@H]2CC[C@]2(C)[C@@H](C(=O)O)CC[C@@H]32)C1.COC[C@@]1(O)CC[C@@]2(C)[C@@H](CC[C@@H]3[C@@H]2CC[C@]2(C)[C@@H](C(C)=O)CC[C@@H]32)C1. The van der Waals surface area contributed by atoms with Crippen molar-refractivity contribution in [3.05, 3.63) is 0 Å². The molecule has 8 saturated carbocycles. The molecule has 0 aliphatic heterocycles. The van der Waals surface area contributed by atoms with E-state index < -0.39 is 17.2 Å². The second-order valence-corrected chi connectivity index (χ2v) is 21.3. The van der Waals surface area contributed by atoms with Gasteiger partial charge in [0.25, 0.3) is 0 Å². The fourth-order valence-electron chi connectivity index (χ4n) is 16.5. The van der Waals surface area contributed by atoms with E-state index in [0.29, 0.717) is 65.3 Å². The summed E-state index contributed by atoms with van der Waals surface area (Å²) in [6.45, 7) is 12.5. The maximum absolute atomic E-state index is 12.3. The molecule has 8 aliphatic carbocycles. The summed E-state index contributed by atoms with van der Waals surface area (Å²) in [5.41, 5.74) is -0.313. The molecule has 3 N–H and O–H groups in total. The first-order valence-corrected chi connectivity index (χ1v) is 21.6. The zero-order valence-electron chi connectivity index (χ0n) is 33.9. The lowest BCUT2D eigenvalue weighted by molar-refractivity contribution is -0.167. The number of ketones is 1. The molecule has 0 bridgehead atoms. The molecule has 0 aromatic carbocycles. The summed E-state index contributed by atoms with van der Waals surface area (Å²) in [6.07, 6.45) is 19.8. The lowest BCUT2D eigenvalue weighted by atomic mass is 9.44. The lowest BCUT2D eigenvalue weighted by Gasteiger charge is -2.62. The highest BCUT2D eigenvalue weighted by atomic mass is 16.5. The molecule has 312 valence electrons. The molecule has 0 radical (unpaired) electrons. The molecule has 0 saturated heterocycles. The molecule has 0 heterocycles. The number of carboxylic acid groups (broad SMARTS) is 1. The number of carbonyl (C=O) groups excluding carboxylic acids is 1. The monoisotopic (exact) mass is 759 g/mol. The molecule has 7 nitrogen and oxygen atoms in total. The van der Waals surface area contributed by atoms with Gasteiger partial charge in [-0.3, -0.25) is 9.59 Å². The Labute approximate surface area is 329 Å². The van der Waals surface area contributed by atoms with Gasteiger partial charge in [0.15, 0.2) is 0 Å². The predicted octanol–water partition coefficient (Wildman–Crippen LogP) is 9.99. The number of carboxylic acids is 1. The van der Waals surface area contributed by atoms with Crippen LogP contribution < -0.4 is 0 Å². The molecule has 54 heavy (non-hydrogen) atoms. The maximum Gasteiger partial charge on any atom is 0.307 e. The van der Waals surface area contributed by atoms with Gasteiger partial charge in [-0.25, -0.2) is 0 Å². The van der Waals surface area contributed by atoms with Crippen molar-refractivity contribution in [3.63, 3.8) is 0 Å². The Morgan fingerprint density at radius 1 is 0.537 bits per heavy atom. The van der Waals surface area contributed by atoms with Gasteiger partial charge in [0, 0.05) is 20.1 Å². The summed E-state index contributed by atoms with van der Waals surface area (Å²) >= 11 is 0. The molecule has 7 heteroatoms. The van der Waals surface area contributed by atoms with Crippen LogP contribution in [0.3, 0.4) is 0 Å². The van der Waals surface area contributed by atoms with Crippen molar-refractivity contribution < 1.29 is 34.4 Å². The fourth-order valence-corrected chi connectivity index (χ4v) is 16.5. The molecule has 0 spiro atoms. The smallest absolute Gasteiger partial charge is 0.307 e. The van der Waals surface area contributed by atoms with Crippen molar-refractivity contribution in [3.8, 4) is 0 Å². The van der Waals surface area contributed by atoms with Crippen LogP contribution in [-0.2, 0) is 19.1 Å². The summed E-state index contributed by atoms with van der Waals surface area (Å²) in [4.78, 5) is 24.1. The number of carbonyl (C=O) groups is 2. The first kappa shape index (κ1) is 44.1. The van der Waals surface area contributed by atoms with Crippen LogP contribution in [0.15, 0.2) is 0 Å². The number of fused-ring (bicyclic) bond motifs is 10. The predicted molar refractivity (Wildman–Crippen MR) is 216 cm³/mol. The zero-order chi connectivity index (χ0) is 37.5. The number of Topliss-reactive ketones (excluding diaryl/α,β-unsaturated/α-hetero) is 1. The molecule has 0 unspecified atom stereocenters. The van der Waals surface area contributed by atoms with Crippen molar-refractivity contribution in [2.75, 3.05) is 27.4 Å². The van der Waals surface area contributed by atoms with Crippen LogP contribution in [0, 0.1) is 80.8 Å². The van der Waals surface area contributed by atoms with Gasteiger partial charge in [0.05, 0.1) is 30.3 Å². The Kier molecular flexibility index (Phi) is 12.8. The van der Waals surface area contributed by atoms with E-state index in [9.17, 15) is 24.9 Å². The first-order valence-electron chi connectivity index (χ1n) is 21.6. The van der Waals surface area contributed by atoms with Crippen molar-refractivity contribution in [1.82, 2.24) is 0 Å². The molecule has 8 aliphatic rings. The Bertz CT molecular complexity index is 1250. The molecule has 8 rings (SSSR count). The van der Waals surface area contributed by atoms with Gasteiger partial charge >= 0.3 is 5.97 Å². The summed E-state index contributed by atoms with van der Waals surface area (Å²) in [6, 6.07) is 0. The topological polar surface area (TPSA) is 113 Å². The van der Waals surface area contributed by atoms with E-state index in [1.54, 1.807) is 14.2 Å². The van der Waals surface area contributed by atoms with Crippen molar-refractivity contribution in [2.45, 2.75) is 176 Å². The van der Waals surface area contributed by atoms with Crippen LogP contribution >= 0.6 is 0 Å². The number of hydrogen-bond donors (Lipinski definition) is 3. The van der Waals surface area contributed by atoms with Crippen LogP contribution in [0.1, 0.15) is 165 Å².